The second kappa shape index (κ2) is 6.74. The number of nitrogens with one attached hydrogen (secondary N) is 1. The topological polar surface area (TPSA) is 58.6 Å². The van der Waals surface area contributed by atoms with Crippen molar-refractivity contribution in [2.45, 2.75) is 18.9 Å². The molecular weight excluding hydrogens is 324 g/mol. The van der Waals surface area contributed by atoms with E-state index in [-0.39, 0.29) is 18.0 Å². The third kappa shape index (κ3) is 3.72. The first-order chi connectivity index (χ1) is 9.60. The average Bonchev–Trinajstić information content (AvgIpc) is 2.47. The summed E-state index contributed by atoms with van der Waals surface area (Å²) in [6.07, 6.45) is 1.19. The maximum atomic E-state index is 12.1. The highest BCUT2D eigenvalue weighted by Gasteiger charge is 2.24. The molecule has 108 valence electrons. The van der Waals surface area contributed by atoms with Crippen LogP contribution in [0.25, 0.3) is 0 Å². The quantitative estimate of drug-likeness (QED) is 0.899. The van der Waals surface area contributed by atoms with E-state index in [4.69, 9.17) is 0 Å². The van der Waals surface area contributed by atoms with Gasteiger partial charge in [0.2, 0.25) is 0 Å². The highest BCUT2D eigenvalue weighted by molar-refractivity contribution is 9.10. The molecule has 0 aliphatic carbocycles. The van der Waals surface area contributed by atoms with Gasteiger partial charge in [-0.1, -0.05) is 22.0 Å². The summed E-state index contributed by atoms with van der Waals surface area (Å²) >= 11 is 3.35. The van der Waals surface area contributed by atoms with Gasteiger partial charge in [-0.05, 0) is 31.0 Å². The molecule has 2 rings (SSSR count). The summed E-state index contributed by atoms with van der Waals surface area (Å²) in [7, 11) is 1.38. The number of ether oxygens (including phenoxy) is 1. The molecule has 1 heterocycles. The molecule has 1 saturated heterocycles. The highest BCUT2D eigenvalue weighted by atomic mass is 79.9. The number of hydrogen-bond donors (Lipinski definition) is 1. The predicted octanol–water partition coefficient (Wildman–Crippen LogP) is 2.41. The Morgan fingerprint density at radius 2 is 2.05 bits per heavy atom. The molecule has 1 aromatic carbocycles. The molecule has 0 unspecified atom stereocenters. The van der Waals surface area contributed by atoms with E-state index in [0.29, 0.717) is 18.7 Å². The number of nitrogens with zero attached hydrogens (tertiary/aromatic N) is 1. The largest absolute Gasteiger partial charge is 0.453 e. The van der Waals surface area contributed by atoms with Crippen LogP contribution in [0, 0.1) is 0 Å². The molecule has 0 bridgehead atoms. The summed E-state index contributed by atoms with van der Waals surface area (Å²) in [4.78, 5) is 25.1. The van der Waals surface area contributed by atoms with E-state index in [1.807, 2.05) is 12.1 Å². The minimum absolute atomic E-state index is 0.0807. The number of benzene rings is 1. The lowest BCUT2D eigenvalue weighted by atomic mass is 10.0. The molecular formula is C14H17BrN2O3. The van der Waals surface area contributed by atoms with E-state index in [1.54, 1.807) is 17.0 Å². The van der Waals surface area contributed by atoms with E-state index in [9.17, 15) is 9.59 Å². The third-order valence-electron chi connectivity index (χ3n) is 3.35. The smallest absolute Gasteiger partial charge is 0.409 e. The molecule has 0 saturated carbocycles. The van der Waals surface area contributed by atoms with Crippen molar-refractivity contribution in [2.24, 2.45) is 0 Å². The van der Waals surface area contributed by atoms with Crippen LogP contribution in [0.3, 0.4) is 0 Å². The zero-order valence-electron chi connectivity index (χ0n) is 11.3. The van der Waals surface area contributed by atoms with Crippen LogP contribution in [0.5, 0.6) is 0 Å². The van der Waals surface area contributed by atoms with Crippen molar-refractivity contribution >= 4 is 27.9 Å². The number of amides is 2. The Labute approximate surface area is 126 Å². The fraction of sp³-hybridized carbons (Fsp3) is 0.429. The Morgan fingerprint density at radius 3 is 2.65 bits per heavy atom. The van der Waals surface area contributed by atoms with Gasteiger partial charge in [-0.25, -0.2) is 4.79 Å². The third-order valence-corrected chi connectivity index (χ3v) is 3.84. The zero-order valence-corrected chi connectivity index (χ0v) is 12.9. The van der Waals surface area contributed by atoms with Gasteiger partial charge in [-0.2, -0.15) is 0 Å². The number of halogens is 1. The highest BCUT2D eigenvalue weighted by Crippen LogP contribution is 2.14. The van der Waals surface area contributed by atoms with Crippen LogP contribution in [-0.2, 0) is 4.74 Å². The lowest BCUT2D eigenvalue weighted by Crippen LogP contribution is -2.46. The van der Waals surface area contributed by atoms with Crippen LogP contribution >= 0.6 is 15.9 Å². The van der Waals surface area contributed by atoms with Crippen molar-refractivity contribution in [3.63, 3.8) is 0 Å². The fourth-order valence-electron chi connectivity index (χ4n) is 2.23. The maximum absolute atomic E-state index is 12.1. The van der Waals surface area contributed by atoms with Crippen LogP contribution in [0.15, 0.2) is 28.7 Å². The Morgan fingerprint density at radius 1 is 1.35 bits per heavy atom. The molecule has 1 aliphatic rings. The first-order valence-electron chi connectivity index (χ1n) is 6.49. The van der Waals surface area contributed by atoms with Crippen molar-refractivity contribution in [1.82, 2.24) is 10.2 Å². The van der Waals surface area contributed by atoms with E-state index < -0.39 is 0 Å². The molecule has 1 fully saturated rings. The van der Waals surface area contributed by atoms with E-state index in [2.05, 4.69) is 26.0 Å². The number of rotatable bonds is 2. The van der Waals surface area contributed by atoms with Gasteiger partial charge in [0, 0.05) is 29.2 Å². The van der Waals surface area contributed by atoms with Crippen molar-refractivity contribution in [3.8, 4) is 0 Å². The molecule has 6 heteroatoms. The van der Waals surface area contributed by atoms with Crippen molar-refractivity contribution in [3.05, 3.63) is 34.3 Å². The Bertz CT molecular complexity index is 499. The number of carbonyl (C=O) groups excluding carboxylic acids is 2. The van der Waals surface area contributed by atoms with Crippen LogP contribution in [-0.4, -0.2) is 43.1 Å². The summed E-state index contributed by atoms with van der Waals surface area (Å²) in [6, 6.07) is 7.38. The van der Waals surface area contributed by atoms with Gasteiger partial charge in [0.15, 0.2) is 0 Å². The molecule has 20 heavy (non-hydrogen) atoms. The predicted molar refractivity (Wildman–Crippen MR) is 78.6 cm³/mol. The van der Waals surface area contributed by atoms with Crippen molar-refractivity contribution in [2.75, 3.05) is 20.2 Å². The lowest BCUT2D eigenvalue weighted by Gasteiger charge is -2.31. The van der Waals surface area contributed by atoms with Crippen LogP contribution in [0.4, 0.5) is 4.79 Å². The molecule has 0 radical (unpaired) electrons. The van der Waals surface area contributed by atoms with E-state index in [1.165, 1.54) is 7.11 Å². The average molecular weight is 341 g/mol. The fourth-order valence-corrected chi connectivity index (χ4v) is 2.63. The number of hydrogen-bond acceptors (Lipinski definition) is 3. The van der Waals surface area contributed by atoms with Gasteiger partial charge in [-0.15, -0.1) is 0 Å². The maximum Gasteiger partial charge on any atom is 0.409 e. The number of methoxy groups -OCH3 is 1. The molecule has 0 aromatic heterocycles. The van der Waals surface area contributed by atoms with Crippen LogP contribution < -0.4 is 5.32 Å². The molecule has 1 aliphatic heterocycles. The Kier molecular flexibility index (Phi) is 5.00. The van der Waals surface area contributed by atoms with Crippen LogP contribution in [0.2, 0.25) is 0 Å². The summed E-state index contributed by atoms with van der Waals surface area (Å²) in [6.45, 7) is 1.21. The molecule has 1 N–H and O–H groups in total. The standard InChI is InChI=1S/C14H17BrN2O3/c1-20-14(19)17-7-5-12(6-8-17)16-13(18)10-3-2-4-11(15)9-10/h2-4,9,12H,5-8H2,1H3,(H,16,18). The molecule has 1 aromatic rings. The lowest BCUT2D eigenvalue weighted by molar-refractivity contribution is 0.0892. The number of carbonyl (C=O) groups is 2. The summed E-state index contributed by atoms with van der Waals surface area (Å²) < 4.78 is 5.56. The summed E-state index contributed by atoms with van der Waals surface area (Å²) in [5.74, 6) is -0.0807. The second-order valence-electron chi connectivity index (χ2n) is 4.72. The minimum Gasteiger partial charge on any atom is -0.453 e. The molecule has 0 spiro atoms. The number of piperidine rings is 1. The SMILES string of the molecule is COC(=O)N1CCC(NC(=O)c2cccc(Br)c2)CC1. The second-order valence-corrected chi connectivity index (χ2v) is 5.63. The van der Waals surface area contributed by atoms with Gasteiger partial charge in [0.05, 0.1) is 7.11 Å². The minimum atomic E-state index is -0.304. The number of likely N-dealkylation sites (tertiary alicyclic amines) is 1. The monoisotopic (exact) mass is 340 g/mol. The molecule has 5 nitrogen and oxygen atoms in total. The Hall–Kier alpha value is -1.56. The Balaban J connectivity index is 1.86. The van der Waals surface area contributed by atoms with Gasteiger partial charge < -0.3 is 15.0 Å². The first-order valence-corrected chi connectivity index (χ1v) is 7.29. The molecule has 0 atom stereocenters. The van der Waals surface area contributed by atoms with E-state index >= 15 is 0 Å². The zero-order chi connectivity index (χ0) is 14.5. The van der Waals surface area contributed by atoms with Gasteiger partial charge >= 0.3 is 6.09 Å². The van der Waals surface area contributed by atoms with E-state index in [0.717, 1.165) is 17.3 Å². The van der Waals surface area contributed by atoms with Gasteiger partial charge in [0.1, 0.15) is 0 Å². The van der Waals surface area contributed by atoms with Crippen LogP contribution in [0.1, 0.15) is 23.2 Å². The van der Waals surface area contributed by atoms with Gasteiger partial charge in [-0.3, -0.25) is 4.79 Å². The van der Waals surface area contributed by atoms with Crippen molar-refractivity contribution in [1.29, 1.82) is 0 Å². The first kappa shape index (κ1) is 14.8. The molecule has 2 amide bonds. The summed E-state index contributed by atoms with van der Waals surface area (Å²) in [5, 5.41) is 3.00. The van der Waals surface area contributed by atoms with Gasteiger partial charge in [0.25, 0.3) is 5.91 Å². The summed E-state index contributed by atoms with van der Waals surface area (Å²) in [5.41, 5.74) is 0.634. The normalized spacial score (nSPS) is 15.8. The van der Waals surface area contributed by atoms with Crippen molar-refractivity contribution < 1.29 is 14.3 Å².